The molecule has 1 aliphatic heterocycles. The summed E-state index contributed by atoms with van der Waals surface area (Å²) in [6, 6.07) is 31.2. The van der Waals surface area contributed by atoms with E-state index in [-0.39, 0.29) is 29.9 Å². The number of carbonyl (C=O) groups is 2. The molecule has 2 atom stereocenters. The summed E-state index contributed by atoms with van der Waals surface area (Å²) in [6.45, 7) is 1.81. The summed E-state index contributed by atoms with van der Waals surface area (Å²) in [5.74, 6) is 0.0431. The number of hydrogen-bond acceptors (Lipinski definition) is 6. The predicted molar refractivity (Wildman–Crippen MR) is 159 cm³/mol. The van der Waals surface area contributed by atoms with E-state index in [0.717, 1.165) is 11.1 Å². The summed E-state index contributed by atoms with van der Waals surface area (Å²) >= 11 is 0. The largest absolute Gasteiger partial charge is 0.484 e. The number of carbonyl (C=O) groups excluding carboxylic acids is 2. The van der Waals surface area contributed by atoms with Gasteiger partial charge in [-0.25, -0.2) is 13.1 Å². The Hall–Kier alpha value is -4.67. The molecule has 4 aromatic carbocycles. The van der Waals surface area contributed by atoms with Crippen LogP contribution in [0.4, 0.5) is 5.69 Å². The van der Waals surface area contributed by atoms with E-state index in [4.69, 9.17) is 9.47 Å². The molecule has 42 heavy (non-hydrogen) atoms. The maximum absolute atomic E-state index is 13.3. The van der Waals surface area contributed by atoms with E-state index in [1.807, 2.05) is 60.7 Å². The van der Waals surface area contributed by atoms with Crippen molar-refractivity contribution in [2.45, 2.75) is 30.5 Å². The van der Waals surface area contributed by atoms with Crippen molar-refractivity contribution < 1.29 is 27.5 Å². The van der Waals surface area contributed by atoms with Gasteiger partial charge in [0.15, 0.2) is 12.7 Å². The highest BCUT2D eigenvalue weighted by molar-refractivity contribution is 7.89. The lowest BCUT2D eigenvalue weighted by Crippen LogP contribution is -2.51. The predicted octanol–water partition coefficient (Wildman–Crippen LogP) is 4.22. The minimum atomic E-state index is -3.78. The number of anilines is 1. The summed E-state index contributed by atoms with van der Waals surface area (Å²) in [4.78, 5) is 27.8. The molecule has 9 nitrogen and oxygen atoms in total. The molecule has 1 aliphatic rings. The van der Waals surface area contributed by atoms with Crippen molar-refractivity contribution in [3.05, 3.63) is 120 Å². The average Bonchev–Trinajstić information content (AvgIpc) is 3.02. The van der Waals surface area contributed by atoms with Crippen LogP contribution in [0.5, 0.6) is 11.5 Å². The van der Waals surface area contributed by atoms with E-state index in [2.05, 4.69) is 10.0 Å². The summed E-state index contributed by atoms with van der Waals surface area (Å²) in [5.41, 5.74) is 2.34. The first-order valence-electron chi connectivity index (χ1n) is 13.5. The average molecular weight is 586 g/mol. The molecule has 10 heteroatoms. The van der Waals surface area contributed by atoms with Crippen molar-refractivity contribution >= 4 is 27.5 Å². The van der Waals surface area contributed by atoms with Gasteiger partial charge in [0.05, 0.1) is 17.1 Å². The Morgan fingerprint density at radius 2 is 1.55 bits per heavy atom. The molecule has 0 bridgehead atoms. The second kappa shape index (κ2) is 12.9. The Kier molecular flexibility index (Phi) is 8.85. The molecule has 2 N–H and O–H groups in total. The van der Waals surface area contributed by atoms with Gasteiger partial charge in [-0.05, 0) is 54.4 Å². The van der Waals surface area contributed by atoms with Crippen LogP contribution in [0.25, 0.3) is 0 Å². The summed E-state index contributed by atoms with van der Waals surface area (Å²) < 4.78 is 40.0. The van der Waals surface area contributed by atoms with E-state index in [0.29, 0.717) is 23.7 Å². The minimum absolute atomic E-state index is 0.0162. The lowest BCUT2D eigenvalue weighted by molar-refractivity contribution is -0.128. The summed E-state index contributed by atoms with van der Waals surface area (Å²) in [6.07, 6.45) is -0.900. The number of nitrogens with one attached hydrogen (secondary N) is 2. The third-order valence-electron chi connectivity index (χ3n) is 6.80. The van der Waals surface area contributed by atoms with E-state index in [9.17, 15) is 18.0 Å². The first-order chi connectivity index (χ1) is 20.3. The molecular formula is C32H31N3O6S. The second-order valence-electron chi connectivity index (χ2n) is 9.80. The number of sulfonamides is 1. The smallest absolute Gasteiger partial charge is 0.265 e. The fourth-order valence-electron chi connectivity index (χ4n) is 4.55. The zero-order valence-corrected chi connectivity index (χ0v) is 23.8. The van der Waals surface area contributed by atoms with Crippen LogP contribution in [0.1, 0.15) is 24.1 Å². The van der Waals surface area contributed by atoms with Crippen LogP contribution in [0.2, 0.25) is 0 Å². The van der Waals surface area contributed by atoms with E-state index in [1.54, 1.807) is 31.2 Å². The number of amides is 2. The van der Waals surface area contributed by atoms with E-state index < -0.39 is 22.2 Å². The van der Waals surface area contributed by atoms with Crippen LogP contribution in [0.15, 0.2) is 114 Å². The van der Waals surface area contributed by atoms with Crippen molar-refractivity contribution in [2.75, 3.05) is 18.1 Å². The van der Waals surface area contributed by atoms with Gasteiger partial charge in [0.25, 0.3) is 11.8 Å². The molecule has 0 fully saturated rings. The van der Waals surface area contributed by atoms with Gasteiger partial charge >= 0.3 is 0 Å². The molecule has 0 saturated heterocycles. The SMILES string of the molecule is C[C@H](NS(=O)(=O)c1ccc(OCC(=O)N2C[C@@H](C(=O)NCc3ccccc3)Oc3ccccc32)cc1)c1ccccc1. The number of rotatable bonds is 10. The van der Waals surface area contributed by atoms with E-state index >= 15 is 0 Å². The van der Waals surface area contributed by atoms with Gasteiger partial charge < -0.3 is 19.7 Å². The van der Waals surface area contributed by atoms with Gasteiger partial charge in [-0.3, -0.25) is 9.59 Å². The van der Waals surface area contributed by atoms with Gasteiger partial charge in [0.2, 0.25) is 10.0 Å². The number of para-hydroxylation sites is 2. The molecule has 2 amide bonds. The highest BCUT2D eigenvalue weighted by Gasteiger charge is 2.34. The van der Waals surface area contributed by atoms with Crippen molar-refractivity contribution in [3.63, 3.8) is 0 Å². The number of hydrogen-bond donors (Lipinski definition) is 2. The summed E-state index contributed by atoms with van der Waals surface area (Å²) in [5, 5.41) is 2.87. The van der Waals surface area contributed by atoms with Gasteiger partial charge in [0.1, 0.15) is 11.5 Å². The molecule has 0 saturated carbocycles. The maximum atomic E-state index is 13.3. The third-order valence-corrected chi connectivity index (χ3v) is 8.36. The molecular weight excluding hydrogens is 554 g/mol. The monoisotopic (exact) mass is 585 g/mol. The Morgan fingerprint density at radius 3 is 2.26 bits per heavy atom. The third kappa shape index (κ3) is 6.96. The standard InChI is InChI=1S/C32H31N3O6S/c1-23(25-12-6-3-7-13-25)34-42(38,39)27-18-16-26(17-19-27)40-22-31(36)35-21-30(41-29-15-9-8-14-28(29)35)32(37)33-20-24-10-4-2-5-11-24/h2-19,23,30,34H,20-22H2,1H3,(H,33,37)/t23-,30-/m0/s1. The van der Waals surface area contributed by atoms with Crippen LogP contribution in [-0.2, 0) is 26.2 Å². The lowest BCUT2D eigenvalue weighted by Gasteiger charge is -2.34. The van der Waals surface area contributed by atoms with Crippen LogP contribution in [-0.4, -0.2) is 39.5 Å². The topological polar surface area (TPSA) is 114 Å². The number of ether oxygens (including phenoxy) is 2. The fourth-order valence-corrected chi connectivity index (χ4v) is 5.79. The zero-order valence-electron chi connectivity index (χ0n) is 23.0. The van der Waals surface area contributed by atoms with Crippen LogP contribution < -0.4 is 24.4 Å². The molecule has 5 rings (SSSR count). The van der Waals surface area contributed by atoms with Gasteiger partial charge in [-0.1, -0.05) is 72.8 Å². The molecule has 0 aromatic heterocycles. The first kappa shape index (κ1) is 28.8. The van der Waals surface area contributed by atoms with Crippen molar-refractivity contribution in [2.24, 2.45) is 0 Å². The molecule has 0 unspecified atom stereocenters. The second-order valence-corrected chi connectivity index (χ2v) is 11.5. The Morgan fingerprint density at radius 1 is 0.905 bits per heavy atom. The van der Waals surface area contributed by atoms with Crippen molar-refractivity contribution in [1.29, 1.82) is 0 Å². The molecule has 0 radical (unpaired) electrons. The first-order valence-corrected chi connectivity index (χ1v) is 15.0. The van der Waals surface area contributed by atoms with Gasteiger partial charge in [-0.15, -0.1) is 0 Å². The van der Waals surface area contributed by atoms with Crippen LogP contribution in [0, 0.1) is 0 Å². The maximum Gasteiger partial charge on any atom is 0.265 e. The molecule has 4 aromatic rings. The zero-order chi connectivity index (χ0) is 29.5. The minimum Gasteiger partial charge on any atom is -0.484 e. The number of fused-ring (bicyclic) bond motifs is 1. The molecule has 216 valence electrons. The normalized spacial score (nSPS) is 15.2. The molecule has 1 heterocycles. The van der Waals surface area contributed by atoms with Crippen molar-refractivity contribution in [3.8, 4) is 11.5 Å². The van der Waals surface area contributed by atoms with Gasteiger partial charge in [0, 0.05) is 12.6 Å². The lowest BCUT2D eigenvalue weighted by atomic mass is 10.1. The molecule has 0 aliphatic carbocycles. The van der Waals surface area contributed by atoms with E-state index in [1.165, 1.54) is 29.2 Å². The van der Waals surface area contributed by atoms with Crippen molar-refractivity contribution in [1.82, 2.24) is 10.0 Å². The summed E-state index contributed by atoms with van der Waals surface area (Å²) in [7, 11) is -3.78. The quantitative estimate of drug-likeness (QED) is 0.288. The van der Waals surface area contributed by atoms with Gasteiger partial charge in [-0.2, -0.15) is 0 Å². The Balaban J connectivity index is 1.20. The highest BCUT2D eigenvalue weighted by atomic mass is 32.2. The Bertz CT molecular complexity index is 1630. The number of benzene rings is 4. The Labute approximate surface area is 245 Å². The molecule has 0 spiro atoms. The van der Waals surface area contributed by atoms with Crippen LogP contribution in [0.3, 0.4) is 0 Å². The fraction of sp³-hybridized carbons (Fsp3) is 0.188. The highest BCUT2D eigenvalue weighted by Crippen LogP contribution is 2.33. The number of nitrogens with zero attached hydrogens (tertiary/aromatic N) is 1. The van der Waals surface area contributed by atoms with Crippen LogP contribution >= 0.6 is 0 Å².